The van der Waals surface area contributed by atoms with Crippen molar-refractivity contribution in [3.05, 3.63) is 69.7 Å². The quantitative estimate of drug-likeness (QED) is 0.646. The van der Waals surface area contributed by atoms with E-state index >= 15 is 0 Å². The molecule has 2 aromatic carbocycles. The van der Waals surface area contributed by atoms with Crippen molar-refractivity contribution in [2.45, 2.75) is 24.2 Å². The molecule has 0 radical (unpaired) electrons. The molecule has 4 heterocycles. The Bertz CT molecular complexity index is 1090. The van der Waals surface area contributed by atoms with Crippen LogP contribution in [0.3, 0.4) is 0 Å². The predicted octanol–water partition coefficient (Wildman–Crippen LogP) is 1.60. The number of benzene rings is 2. The highest BCUT2D eigenvalue weighted by molar-refractivity contribution is 6.30. The first-order valence-electron chi connectivity index (χ1n) is 10.1. The Labute approximate surface area is 192 Å². The fraction of sp³-hybridized carbons (Fsp3) is 0.273. The van der Waals surface area contributed by atoms with Gasteiger partial charge in [0.15, 0.2) is 0 Å². The third-order valence-electron chi connectivity index (χ3n) is 6.83. The smallest absolute Gasteiger partial charge is 0.246 e. The van der Waals surface area contributed by atoms with Gasteiger partial charge in [0.25, 0.3) is 0 Å². The van der Waals surface area contributed by atoms with Crippen molar-refractivity contribution in [2.24, 2.45) is 11.8 Å². The number of carbonyl (C=O) groups excluding carboxylic acids is 4. The Hall–Kier alpha value is -2.78. The summed E-state index contributed by atoms with van der Waals surface area (Å²) in [6, 6.07) is 11.0. The number of hydrogen-bond acceptors (Lipinski definition) is 6. The fourth-order valence-electron chi connectivity index (χ4n) is 5.66. The molecule has 4 amide bonds. The molecule has 0 spiro atoms. The third-order valence-corrected chi connectivity index (χ3v) is 7.33. The minimum absolute atomic E-state index is 0.398. The van der Waals surface area contributed by atoms with Crippen molar-refractivity contribution >= 4 is 46.8 Å². The average Bonchev–Trinajstić information content (AvgIpc) is 3.43. The minimum atomic E-state index is -0.838. The molecule has 0 aromatic heterocycles. The molecule has 10 heteroatoms. The van der Waals surface area contributed by atoms with Crippen molar-refractivity contribution in [3.8, 4) is 0 Å². The van der Waals surface area contributed by atoms with E-state index in [0.29, 0.717) is 10.0 Å². The van der Waals surface area contributed by atoms with Crippen LogP contribution in [0.5, 0.6) is 0 Å². The lowest BCUT2D eigenvalue weighted by molar-refractivity contribution is -0.139. The van der Waals surface area contributed by atoms with Gasteiger partial charge >= 0.3 is 0 Å². The number of amides is 4. The maximum absolute atomic E-state index is 12.9. The summed E-state index contributed by atoms with van der Waals surface area (Å²) >= 11 is 12.1. The van der Waals surface area contributed by atoms with Crippen LogP contribution in [0.15, 0.2) is 48.5 Å². The third kappa shape index (κ3) is 2.58. The van der Waals surface area contributed by atoms with Crippen molar-refractivity contribution in [1.82, 2.24) is 20.7 Å². The van der Waals surface area contributed by atoms with E-state index < -0.39 is 59.6 Å². The SMILES string of the molecule is O=C1NC(=O)[C@@H]2[C@@H]1[C@H](c1ccc(Cl)cc1)N1[C@@H]3C(=O)NC(=O)[C@H]3[C@H](c3ccc(Cl)cc3)N21. The number of halogens is 2. The maximum atomic E-state index is 12.9. The van der Waals surface area contributed by atoms with E-state index in [-0.39, 0.29) is 0 Å². The molecule has 0 bridgehead atoms. The van der Waals surface area contributed by atoms with E-state index in [9.17, 15) is 19.2 Å². The second-order valence-electron chi connectivity index (χ2n) is 8.40. The van der Waals surface area contributed by atoms with E-state index in [1.165, 1.54) is 0 Å². The first-order valence-corrected chi connectivity index (χ1v) is 10.9. The molecule has 0 aliphatic carbocycles. The van der Waals surface area contributed by atoms with Crippen LogP contribution in [0.4, 0.5) is 0 Å². The molecule has 8 nitrogen and oxygen atoms in total. The number of carbonyl (C=O) groups is 4. The molecular weight excluding hydrogens is 455 g/mol. The number of imide groups is 2. The molecule has 4 fully saturated rings. The molecule has 6 atom stereocenters. The number of fused-ring (bicyclic) bond motifs is 5. The predicted molar refractivity (Wildman–Crippen MR) is 113 cm³/mol. The number of hydrazine groups is 1. The van der Waals surface area contributed by atoms with E-state index in [1.54, 1.807) is 58.5 Å². The topological polar surface area (TPSA) is 98.8 Å². The second kappa shape index (κ2) is 6.86. The maximum Gasteiger partial charge on any atom is 0.246 e. The highest BCUT2D eigenvalue weighted by atomic mass is 35.5. The molecule has 0 unspecified atom stereocenters. The van der Waals surface area contributed by atoms with Crippen molar-refractivity contribution in [2.75, 3.05) is 0 Å². The molecule has 4 aliphatic rings. The van der Waals surface area contributed by atoms with Gasteiger partial charge in [0.1, 0.15) is 12.1 Å². The first kappa shape index (κ1) is 19.9. The molecule has 2 aromatic rings. The van der Waals surface area contributed by atoms with Gasteiger partial charge in [-0.15, -0.1) is 0 Å². The van der Waals surface area contributed by atoms with Crippen LogP contribution in [0, 0.1) is 11.8 Å². The highest BCUT2D eigenvalue weighted by Crippen LogP contribution is 2.57. The van der Waals surface area contributed by atoms with Crippen LogP contribution < -0.4 is 10.6 Å². The van der Waals surface area contributed by atoms with Gasteiger partial charge in [0.05, 0.1) is 23.9 Å². The number of hydrogen-bond donors (Lipinski definition) is 2. The van der Waals surface area contributed by atoms with E-state index in [4.69, 9.17) is 23.2 Å². The molecule has 0 saturated carbocycles. The van der Waals surface area contributed by atoms with Gasteiger partial charge in [0, 0.05) is 10.0 Å². The number of nitrogens with zero attached hydrogens (tertiary/aromatic N) is 2. The van der Waals surface area contributed by atoms with Gasteiger partial charge < -0.3 is 0 Å². The molecule has 4 saturated heterocycles. The van der Waals surface area contributed by atoms with Crippen LogP contribution in [0.1, 0.15) is 23.2 Å². The first-order chi connectivity index (χ1) is 15.4. The van der Waals surface area contributed by atoms with E-state index in [1.807, 2.05) is 0 Å². The summed E-state index contributed by atoms with van der Waals surface area (Å²) in [4.78, 5) is 51.6. The van der Waals surface area contributed by atoms with Crippen LogP contribution in [-0.4, -0.2) is 45.7 Å². The second-order valence-corrected chi connectivity index (χ2v) is 9.27. The molecule has 162 valence electrons. The van der Waals surface area contributed by atoms with E-state index in [2.05, 4.69) is 10.6 Å². The molecule has 2 N–H and O–H groups in total. The Morgan fingerprint density at radius 3 is 1.22 bits per heavy atom. The summed E-state index contributed by atoms with van der Waals surface area (Å²) < 4.78 is 0. The molecule has 6 rings (SSSR count). The average molecular weight is 471 g/mol. The van der Waals surface area contributed by atoms with Gasteiger partial charge in [0.2, 0.25) is 23.6 Å². The summed E-state index contributed by atoms with van der Waals surface area (Å²) in [6.07, 6.45) is 0. The summed E-state index contributed by atoms with van der Waals surface area (Å²) in [7, 11) is 0. The summed E-state index contributed by atoms with van der Waals surface area (Å²) in [5, 5.41) is 9.45. The Balaban J connectivity index is 1.56. The van der Waals surface area contributed by atoms with Gasteiger partial charge in [-0.2, -0.15) is 0 Å². The Kier molecular flexibility index (Phi) is 4.26. The lowest BCUT2D eigenvalue weighted by Gasteiger charge is -2.33. The lowest BCUT2D eigenvalue weighted by atomic mass is 9.84. The lowest BCUT2D eigenvalue weighted by Crippen LogP contribution is -2.48. The van der Waals surface area contributed by atoms with Gasteiger partial charge in [-0.25, -0.2) is 10.0 Å². The molecule has 32 heavy (non-hydrogen) atoms. The summed E-state index contributed by atoms with van der Waals surface area (Å²) in [5.41, 5.74) is 1.47. The zero-order valence-corrected chi connectivity index (χ0v) is 17.9. The normalized spacial score (nSPS) is 33.8. The molecule has 4 aliphatic heterocycles. The van der Waals surface area contributed by atoms with Crippen molar-refractivity contribution in [1.29, 1.82) is 0 Å². The van der Waals surface area contributed by atoms with Gasteiger partial charge in [-0.05, 0) is 35.4 Å². The zero-order chi connectivity index (χ0) is 22.3. The Morgan fingerprint density at radius 2 is 0.875 bits per heavy atom. The zero-order valence-electron chi connectivity index (χ0n) is 16.4. The van der Waals surface area contributed by atoms with Crippen LogP contribution >= 0.6 is 23.2 Å². The van der Waals surface area contributed by atoms with Crippen LogP contribution in [0.25, 0.3) is 0 Å². The highest BCUT2D eigenvalue weighted by Gasteiger charge is 2.71. The van der Waals surface area contributed by atoms with Crippen molar-refractivity contribution < 1.29 is 19.2 Å². The molecular formula is C22H16Cl2N4O4. The van der Waals surface area contributed by atoms with Crippen LogP contribution in [0.2, 0.25) is 10.0 Å². The summed E-state index contributed by atoms with van der Waals surface area (Å²) in [6.45, 7) is 0. The van der Waals surface area contributed by atoms with Crippen LogP contribution in [-0.2, 0) is 19.2 Å². The largest absolute Gasteiger partial charge is 0.295 e. The van der Waals surface area contributed by atoms with Crippen molar-refractivity contribution in [3.63, 3.8) is 0 Å². The monoisotopic (exact) mass is 470 g/mol. The van der Waals surface area contributed by atoms with Gasteiger partial charge in [-0.3, -0.25) is 29.8 Å². The number of nitrogens with one attached hydrogen (secondary N) is 2. The standard InChI is InChI=1S/C22H16Cl2N4O4/c23-11-5-1-9(2-6-11)15-13-17(21(31)25-19(13)29)28-16(10-3-7-12(24)8-4-10)14-18(27(15)28)22(32)26-20(14)30/h1-8,13-18H,(H,25,29,31)(H,26,30,32)/t13-,14-,15-,16-,17-,18-/m0/s1. The number of rotatable bonds is 2. The Morgan fingerprint density at radius 1 is 0.531 bits per heavy atom. The summed E-state index contributed by atoms with van der Waals surface area (Å²) in [5.74, 6) is -3.14. The minimum Gasteiger partial charge on any atom is -0.295 e. The fourth-order valence-corrected chi connectivity index (χ4v) is 5.91. The van der Waals surface area contributed by atoms with Gasteiger partial charge in [-0.1, -0.05) is 47.5 Å². The van der Waals surface area contributed by atoms with E-state index in [0.717, 1.165) is 11.1 Å².